The number of anilines is 2. The number of rotatable bonds is 4. The second-order valence-corrected chi connectivity index (χ2v) is 3.76. The summed E-state index contributed by atoms with van der Waals surface area (Å²) in [6, 6.07) is 6.37. The molecule has 2 amide bonds. The van der Waals surface area contributed by atoms with Crippen LogP contribution in [0.4, 0.5) is 11.4 Å². The van der Waals surface area contributed by atoms with Crippen LogP contribution in [0.1, 0.15) is 20.3 Å². The number of nitrogens with one attached hydrogen (secondary N) is 2. The summed E-state index contributed by atoms with van der Waals surface area (Å²) < 4.78 is 0. The first-order chi connectivity index (χ1) is 8.02. The molecule has 0 radical (unpaired) electrons. The normalized spacial score (nSPS) is 11.7. The van der Waals surface area contributed by atoms with Crippen LogP contribution in [0.3, 0.4) is 0 Å². The molecule has 0 fully saturated rings. The molecule has 1 rings (SSSR count). The Bertz CT molecular complexity index is 416. The molecule has 4 N–H and O–H groups in total. The van der Waals surface area contributed by atoms with Gasteiger partial charge in [0, 0.05) is 17.8 Å². The molecule has 5 nitrogen and oxygen atoms in total. The lowest BCUT2D eigenvalue weighted by Gasteiger charge is -2.09. The molecule has 5 heteroatoms. The minimum absolute atomic E-state index is 0.0688. The average molecular weight is 235 g/mol. The number of amides is 2. The molecule has 0 spiro atoms. The summed E-state index contributed by atoms with van der Waals surface area (Å²) in [5.74, 6) is -0.329. The van der Waals surface area contributed by atoms with Gasteiger partial charge in [0.05, 0.1) is 6.04 Å². The van der Waals surface area contributed by atoms with Crippen LogP contribution in [0.25, 0.3) is 0 Å². The van der Waals surface area contributed by atoms with Crippen molar-refractivity contribution in [3.05, 3.63) is 24.3 Å². The van der Waals surface area contributed by atoms with Crippen LogP contribution in [0.5, 0.6) is 0 Å². The van der Waals surface area contributed by atoms with Crippen molar-refractivity contribution in [1.29, 1.82) is 0 Å². The predicted octanol–water partition coefficient (Wildman–Crippen LogP) is 1.32. The Balaban J connectivity index is 2.72. The SMILES string of the molecule is CCC(=O)Nc1cccc(NC(=O)C(C)N)c1. The zero-order valence-electron chi connectivity index (χ0n) is 9.99. The number of hydrogen-bond acceptors (Lipinski definition) is 3. The lowest BCUT2D eigenvalue weighted by atomic mass is 10.2. The Kier molecular flexibility index (Phi) is 4.66. The standard InChI is InChI=1S/C12H17N3O2/c1-3-11(16)14-9-5-4-6-10(7-9)15-12(17)8(2)13/h4-8H,3,13H2,1-2H3,(H,14,16)(H,15,17). The van der Waals surface area contributed by atoms with Gasteiger partial charge in [-0.15, -0.1) is 0 Å². The van der Waals surface area contributed by atoms with E-state index in [-0.39, 0.29) is 11.8 Å². The predicted molar refractivity (Wildman–Crippen MR) is 67.6 cm³/mol. The molecular weight excluding hydrogens is 218 g/mol. The topological polar surface area (TPSA) is 84.2 Å². The molecule has 0 heterocycles. The van der Waals surface area contributed by atoms with Gasteiger partial charge in [0.15, 0.2) is 0 Å². The van der Waals surface area contributed by atoms with E-state index >= 15 is 0 Å². The van der Waals surface area contributed by atoms with Gasteiger partial charge in [-0.1, -0.05) is 13.0 Å². The molecule has 0 aliphatic heterocycles. The molecular formula is C12H17N3O2. The van der Waals surface area contributed by atoms with Gasteiger partial charge in [0.25, 0.3) is 0 Å². The molecule has 0 aromatic heterocycles. The van der Waals surface area contributed by atoms with Gasteiger partial charge < -0.3 is 16.4 Å². The van der Waals surface area contributed by atoms with Gasteiger partial charge in [-0.3, -0.25) is 9.59 Å². The third-order valence-corrected chi connectivity index (χ3v) is 2.15. The molecule has 0 aliphatic rings. The smallest absolute Gasteiger partial charge is 0.240 e. The second kappa shape index (κ2) is 6.00. The van der Waals surface area contributed by atoms with Gasteiger partial charge in [0.1, 0.15) is 0 Å². The minimum atomic E-state index is -0.566. The monoisotopic (exact) mass is 235 g/mol. The van der Waals surface area contributed by atoms with Crippen molar-refractivity contribution >= 4 is 23.2 Å². The van der Waals surface area contributed by atoms with E-state index in [1.807, 2.05) is 0 Å². The van der Waals surface area contributed by atoms with Gasteiger partial charge in [0.2, 0.25) is 11.8 Å². The highest BCUT2D eigenvalue weighted by atomic mass is 16.2. The highest BCUT2D eigenvalue weighted by Crippen LogP contribution is 2.15. The Morgan fingerprint density at radius 2 is 1.88 bits per heavy atom. The molecule has 0 saturated carbocycles. The van der Waals surface area contributed by atoms with Crippen molar-refractivity contribution in [3.63, 3.8) is 0 Å². The van der Waals surface area contributed by atoms with Gasteiger partial charge in [-0.05, 0) is 25.1 Å². The minimum Gasteiger partial charge on any atom is -0.326 e. The highest BCUT2D eigenvalue weighted by Gasteiger charge is 2.07. The van der Waals surface area contributed by atoms with E-state index in [4.69, 9.17) is 5.73 Å². The Hall–Kier alpha value is -1.88. The van der Waals surface area contributed by atoms with Gasteiger partial charge >= 0.3 is 0 Å². The maximum atomic E-state index is 11.4. The van der Waals surface area contributed by atoms with Crippen molar-refractivity contribution in [2.24, 2.45) is 5.73 Å². The van der Waals surface area contributed by atoms with E-state index in [1.54, 1.807) is 38.1 Å². The number of carbonyl (C=O) groups is 2. The fraction of sp³-hybridized carbons (Fsp3) is 0.333. The first-order valence-electron chi connectivity index (χ1n) is 5.49. The number of nitrogens with two attached hydrogens (primary N) is 1. The fourth-order valence-corrected chi connectivity index (χ4v) is 1.18. The summed E-state index contributed by atoms with van der Waals surface area (Å²) in [6.07, 6.45) is 0.413. The lowest BCUT2D eigenvalue weighted by Crippen LogP contribution is -2.32. The highest BCUT2D eigenvalue weighted by molar-refractivity contribution is 5.96. The van der Waals surface area contributed by atoms with E-state index < -0.39 is 6.04 Å². The van der Waals surface area contributed by atoms with Crippen molar-refractivity contribution in [1.82, 2.24) is 0 Å². The molecule has 1 aromatic rings. The summed E-state index contributed by atoms with van der Waals surface area (Å²) in [6.45, 7) is 3.38. The Morgan fingerprint density at radius 1 is 1.29 bits per heavy atom. The Morgan fingerprint density at radius 3 is 2.41 bits per heavy atom. The van der Waals surface area contributed by atoms with Crippen molar-refractivity contribution in [3.8, 4) is 0 Å². The fourth-order valence-electron chi connectivity index (χ4n) is 1.18. The van der Waals surface area contributed by atoms with Crippen molar-refractivity contribution < 1.29 is 9.59 Å². The van der Waals surface area contributed by atoms with Crippen LogP contribution in [0, 0.1) is 0 Å². The van der Waals surface area contributed by atoms with Crippen LogP contribution in [0.15, 0.2) is 24.3 Å². The largest absolute Gasteiger partial charge is 0.326 e. The molecule has 1 unspecified atom stereocenters. The van der Waals surface area contributed by atoms with E-state index in [1.165, 1.54) is 0 Å². The quantitative estimate of drug-likeness (QED) is 0.735. The van der Waals surface area contributed by atoms with Crippen molar-refractivity contribution in [2.45, 2.75) is 26.3 Å². The van der Waals surface area contributed by atoms with Crippen molar-refractivity contribution in [2.75, 3.05) is 10.6 Å². The van der Waals surface area contributed by atoms with Gasteiger partial charge in [-0.25, -0.2) is 0 Å². The molecule has 92 valence electrons. The molecule has 0 saturated heterocycles. The summed E-state index contributed by atoms with van der Waals surface area (Å²) in [5, 5.41) is 5.37. The maximum Gasteiger partial charge on any atom is 0.240 e. The van der Waals surface area contributed by atoms with Gasteiger partial charge in [-0.2, -0.15) is 0 Å². The molecule has 1 aromatic carbocycles. The zero-order valence-corrected chi connectivity index (χ0v) is 9.99. The van der Waals surface area contributed by atoms with E-state index in [2.05, 4.69) is 10.6 Å². The van der Waals surface area contributed by atoms with Crippen LogP contribution in [0.2, 0.25) is 0 Å². The Labute approximate surface area is 100 Å². The first-order valence-corrected chi connectivity index (χ1v) is 5.49. The first kappa shape index (κ1) is 13.2. The third kappa shape index (κ3) is 4.24. The molecule has 17 heavy (non-hydrogen) atoms. The summed E-state index contributed by atoms with van der Waals surface area (Å²) in [4.78, 5) is 22.6. The number of hydrogen-bond donors (Lipinski definition) is 3. The maximum absolute atomic E-state index is 11.4. The van der Waals surface area contributed by atoms with Crippen LogP contribution in [-0.2, 0) is 9.59 Å². The lowest BCUT2D eigenvalue weighted by molar-refractivity contribution is -0.117. The number of benzene rings is 1. The summed E-state index contributed by atoms with van der Waals surface area (Å²) >= 11 is 0. The second-order valence-electron chi connectivity index (χ2n) is 3.76. The third-order valence-electron chi connectivity index (χ3n) is 2.15. The zero-order chi connectivity index (χ0) is 12.8. The van der Waals surface area contributed by atoms with Crippen LogP contribution >= 0.6 is 0 Å². The number of carbonyl (C=O) groups excluding carboxylic acids is 2. The average Bonchev–Trinajstić information content (AvgIpc) is 2.29. The molecule has 1 atom stereocenters. The van der Waals surface area contributed by atoms with E-state index in [0.29, 0.717) is 17.8 Å². The van der Waals surface area contributed by atoms with Crippen LogP contribution in [-0.4, -0.2) is 17.9 Å². The van der Waals surface area contributed by atoms with E-state index in [0.717, 1.165) is 0 Å². The molecule has 0 bridgehead atoms. The summed E-state index contributed by atoms with van der Waals surface area (Å²) in [7, 11) is 0. The molecule has 0 aliphatic carbocycles. The van der Waals surface area contributed by atoms with E-state index in [9.17, 15) is 9.59 Å². The van der Waals surface area contributed by atoms with Crippen LogP contribution < -0.4 is 16.4 Å². The summed E-state index contributed by atoms with van der Waals surface area (Å²) in [5.41, 5.74) is 6.71.